The maximum absolute atomic E-state index is 13.1. The zero-order valence-corrected chi connectivity index (χ0v) is 11.4. The summed E-state index contributed by atoms with van der Waals surface area (Å²) >= 11 is 5.66. The van der Waals surface area contributed by atoms with Gasteiger partial charge in [-0.15, -0.1) is 10.2 Å². The molecule has 1 N–H and O–H groups in total. The zero-order chi connectivity index (χ0) is 14.7. The Balaban J connectivity index is 1.93. The van der Waals surface area contributed by atoms with Crippen LogP contribution in [0.3, 0.4) is 0 Å². The molecular weight excluding hydrogens is 295 g/mol. The zero-order valence-electron chi connectivity index (χ0n) is 10.7. The van der Waals surface area contributed by atoms with Crippen LogP contribution in [-0.2, 0) is 0 Å². The minimum atomic E-state index is -4.35. The molecule has 0 radical (unpaired) electrons. The average Bonchev–Trinajstić information content (AvgIpc) is 2.63. The molecular formula is C12H13ClF3N3O. The minimum absolute atomic E-state index is 0.0412. The Hall–Kier alpha value is -1.08. The van der Waals surface area contributed by atoms with E-state index in [9.17, 15) is 18.3 Å². The van der Waals surface area contributed by atoms with Gasteiger partial charge in [0.1, 0.15) is 5.92 Å². The van der Waals surface area contributed by atoms with Crippen LogP contribution in [-0.4, -0.2) is 39.7 Å². The summed E-state index contributed by atoms with van der Waals surface area (Å²) in [5.41, 5.74) is -0.731. The maximum Gasteiger partial charge on any atom is 0.397 e. The lowest BCUT2D eigenvalue weighted by Gasteiger charge is -2.46. The molecule has 2 aliphatic rings. The second-order valence-corrected chi connectivity index (χ2v) is 6.14. The summed E-state index contributed by atoms with van der Waals surface area (Å²) in [5.74, 6) is -1.37. The molecule has 8 heteroatoms. The van der Waals surface area contributed by atoms with Gasteiger partial charge in [0, 0.05) is 18.2 Å². The Morgan fingerprint density at radius 2 is 2.05 bits per heavy atom. The number of nitrogens with zero attached hydrogens (tertiary/aromatic N) is 3. The number of fused-ring (bicyclic) bond motifs is 1. The highest BCUT2D eigenvalue weighted by Gasteiger charge is 2.52. The van der Waals surface area contributed by atoms with Gasteiger partial charge in [-0.3, -0.25) is 0 Å². The molecule has 20 heavy (non-hydrogen) atoms. The van der Waals surface area contributed by atoms with Crippen LogP contribution >= 0.6 is 11.6 Å². The predicted octanol–water partition coefficient (Wildman–Crippen LogP) is 2.51. The van der Waals surface area contributed by atoms with Gasteiger partial charge in [0.05, 0.1) is 5.60 Å². The monoisotopic (exact) mass is 307 g/mol. The summed E-state index contributed by atoms with van der Waals surface area (Å²) < 4.78 is 39.3. The first kappa shape index (κ1) is 13.9. The van der Waals surface area contributed by atoms with E-state index in [0.717, 1.165) is 0 Å². The molecule has 0 spiro atoms. The molecule has 0 saturated heterocycles. The molecule has 1 aromatic heterocycles. The SMILES string of the molecule is CC1(O)CC(N2CC(C(F)(F)F)c3cc(Cl)nnc32)C1. The topological polar surface area (TPSA) is 49.2 Å². The molecule has 0 aromatic carbocycles. The van der Waals surface area contributed by atoms with Crippen LogP contribution in [0.4, 0.5) is 19.0 Å². The van der Waals surface area contributed by atoms with E-state index >= 15 is 0 Å². The van der Waals surface area contributed by atoms with Crippen LogP contribution < -0.4 is 4.90 Å². The van der Waals surface area contributed by atoms with Gasteiger partial charge in [0.25, 0.3) is 0 Å². The Morgan fingerprint density at radius 1 is 1.40 bits per heavy atom. The molecule has 1 unspecified atom stereocenters. The summed E-state index contributed by atoms with van der Waals surface area (Å²) in [5, 5.41) is 17.2. The Kier molecular flexibility index (Phi) is 2.92. The molecule has 0 amide bonds. The average molecular weight is 308 g/mol. The van der Waals surface area contributed by atoms with E-state index < -0.39 is 17.7 Å². The normalized spacial score (nSPS) is 33.0. The molecule has 1 atom stereocenters. The Labute approximate surface area is 118 Å². The van der Waals surface area contributed by atoms with E-state index in [1.165, 1.54) is 6.07 Å². The van der Waals surface area contributed by atoms with Crippen LogP contribution in [0.25, 0.3) is 0 Å². The third-order valence-corrected chi connectivity index (χ3v) is 4.17. The van der Waals surface area contributed by atoms with Gasteiger partial charge in [0.2, 0.25) is 0 Å². The highest BCUT2D eigenvalue weighted by molar-refractivity contribution is 6.29. The number of hydrogen-bond acceptors (Lipinski definition) is 4. The van der Waals surface area contributed by atoms with Crippen LogP contribution in [0.5, 0.6) is 0 Å². The lowest BCUT2D eigenvalue weighted by Crippen LogP contribution is -2.54. The molecule has 0 bridgehead atoms. The molecule has 1 aliphatic carbocycles. The number of hydrogen-bond donors (Lipinski definition) is 1. The second kappa shape index (κ2) is 4.21. The molecule has 4 nitrogen and oxygen atoms in total. The van der Waals surface area contributed by atoms with Crippen molar-refractivity contribution in [2.45, 2.75) is 43.5 Å². The lowest BCUT2D eigenvalue weighted by atomic mass is 9.76. The minimum Gasteiger partial charge on any atom is -0.390 e. The molecule has 2 heterocycles. The van der Waals surface area contributed by atoms with E-state index in [2.05, 4.69) is 10.2 Å². The largest absolute Gasteiger partial charge is 0.397 e. The van der Waals surface area contributed by atoms with Gasteiger partial charge in [-0.2, -0.15) is 13.2 Å². The van der Waals surface area contributed by atoms with E-state index in [0.29, 0.717) is 12.8 Å². The molecule has 3 rings (SSSR count). The third-order valence-electron chi connectivity index (χ3n) is 3.99. The Bertz CT molecular complexity index is 541. The van der Waals surface area contributed by atoms with E-state index in [-0.39, 0.29) is 29.1 Å². The van der Waals surface area contributed by atoms with Gasteiger partial charge in [-0.1, -0.05) is 11.6 Å². The van der Waals surface area contributed by atoms with Crippen molar-refractivity contribution in [1.82, 2.24) is 10.2 Å². The van der Waals surface area contributed by atoms with Crippen LogP contribution in [0, 0.1) is 0 Å². The van der Waals surface area contributed by atoms with E-state index in [4.69, 9.17) is 11.6 Å². The van der Waals surface area contributed by atoms with Crippen molar-refractivity contribution < 1.29 is 18.3 Å². The first-order chi connectivity index (χ1) is 9.17. The lowest BCUT2D eigenvalue weighted by molar-refractivity contribution is -0.147. The van der Waals surface area contributed by atoms with Gasteiger partial charge in [0.15, 0.2) is 11.0 Å². The van der Waals surface area contributed by atoms with Gasteiger partial charge >= 0.3 is 6.18 Å². The smallest absolute Gasteiger partial charge is 0.390 e. The van der Waals surface area contributed by atoms with Crippen molar-refractivity contribution in [1.29, 1.82) is 0 Å². The molecule has 1 saturated carbocycles. The number of rotatable bonds is 1. The van der Waals surface area contributed by atoms with Crippen molar-refractivity contribution in [2.75, 3.05) is 11.4 Å². The van der Waals surface area contributed by atoms with Crippen LogP contribution in [0.1, 0.15) is 31.2 Å². The number of aromatic nitrogens is 2. The molecule has 1 fully saturated rings. The van der Waals surface area contributed by atoms with Crippen molar-refractivity contribution in [2.24, 2.45) is 0 Å². The van der Waals surface area contributed by atoms with Crippen molar-refractivity contribution in [3.63, 3.8) is 0 Å². The molecule has 1 aromatic rings. The fourth-order valence-electron chi connectivity index (χ4n) is 3.01. The van der Waals surface area contributed by atoms with Gasteiger partial charge in [-0.25, -0.2) is 0 Å². The van der Waals surface area contributed by atoms with Gasteiger partial charge < -0.3 is 10.0 Å². The second-order valence-electron chi connectivity index (χ2n) is 5.75. The van der Waals surface area contributed by atoms with E-state index in [1.54, 1.807) is 11.8 Å². The van der Waals surface area contributed by atoms with Crippen molar-refractivity contribution in [3.05, 3.63) is 16.8 Å². The fraction of sp³-hybridized carbons (Fsp3) is 0.667. The predicted molar refractivity (Wildman–Crippen MR) is 66.8 cm³/mol. The number of alkyl halides is 3. The number of anilines is 1. The van der Waals surface area contributed by atoms with Crippen LogP contribution in [0.2, 0.25) is 5.15 Å². The summed E-state index contributed by atoms with van der Waals surface area (Å²) in [4.78, 5) is 1.59. The quantitative estimate of drug-likeness (QED) is 0.866. The van der Waals surface area contributed by atoms with Crippen LogP contribution in [0.15, 0.2) is 6.07 Å². The third kappa shape index (κ3) is 2.22. The number of halogens is 4. The first-order valence-corrected chi connectivity index (χ1v) is 6.64. The van der Waals surface area contributed by atoms with E-state index in [1.807, 2.05) is 0 Å². The van der Waals surface area contributed by atoms with Gasteiger partial charge in [-0.05, 0) is 25.8 Å². The maximum atomic E-state index is 13.1. The number of aliphatic hydroxyl groups is 1. The summed E-state index contributed by atoms with van der Waals surface area (Å²) in [6.07, 6.45) is -3.48. The molecule has 110 valence electrons. The highest BCUT2D eigenvalue weighted by Crippen LogP contribution is 2.48. The van der Waals surface area contributed by atoms with Crippen molar-refractivity contribution >= 4 is 17.4 Å². The molecule has 1 aliphatic heterocycles. The summed E-state index contributed by atoms with van der Waals surface area (Å²) in [7, 11) is 0. The Morgan fingerprint density at radius 3 is 2.60 bits per heavy atom. The van der Waals surface area contributed by atoms with Crippen molar-refractivity contribution in [3.8, 4) is 0 Å². The first-order valence-electron chi connectivity index (χ1n) is 6.26. The fourth-order valence-corrected chi connectivity index (χ4v) is 3.17. The highest BCUT2D eigenvalue weighted by atomic mass is 35.5. The summed E-state index contributed by atoms with van der Waals surface area (Å²) in [6.45, 7) is 1.49. The summed E-state index contributed by atoms with van der Waals surface area (Å²) in [6, 6.07) is 1.10. The standard InChI is InChI=1S/C12H13ClF3N3O/c1-11(20)3-6(4-11)19-5-8(12(14,15)16)7-2-9(13)17-18-10(7)19/h2,6,8,20H,3-5H2,1H3.